The molecular formula is C24H36O4. The zero-order chi connectivity index (χ0) is 20.5. The number of aliphatic hydroxyl groups excluding tert-OH is 1. The third-order valence-corrected chi connectivity index (χ3v) is 5.55. The van der Waals surface area contributed by atoms with Gasteiger partial charge in [0.2, 0.25) is 0 Å². The molecule has 0 amide bonds. The number of esters is 1. The van der Waals surface area contributed by atoms with Gasteiger partial charge in [0.05, 0.1) is 6.10 Å². The minimum atomic E-state index is -0.660. The number of unbranched alkanes of at least 4 members (excludes halogenated alkanes) is 2. The predicted molar refractivity (Wildman–Crippen MR) is 113 cm³/mol. The Labute approximate surface area is 169 Å². The molecular weight excluding hydrogens is 352 g/mol. The van der Waals surface area contributed by atoms with Crippen LogP contribution in [-0.2, 0) is 11.2 Å². The number of ether oxygens (including phenoxy) is 1. The number of carbonyl (C=O) groups excluding carboxylic acids is 1. The Morgan fingerprint density at radius 1 is 1.25 bits per heavy atom. The second-order valence-electron chi connectivity index (χ2n) is 8.05. The molecule has 1 aliphatic rings. The van der Waals surface area contributed by atoms with Crippen LogP contribution in [0.3, 0.4) is 0 Å². The lowest BCUT2D eigenvalue weighted by Crippen LogP contribution is -2.19. The minimum absolute atomic E-state index is 0.0345. The van der Waals surface area contributed by atoms with E-state index in [0.717, 1.165) is 62.5 Å². The van der Waals surface area contributed by atoms with Crippen LogP contribution in [0, 0.1) is 0 Å². The second-order valence-corrected chi connectivity index (χ2v) is 8.05. The highest BCUT2D eigenvalue weighted by molar-refractivity contribution is 5.94. The average molecular weight is 389 g/mol. The lowest BCUT2D eigenvalue weighted by molar-refractivity contribution is 0.0233. The van der Waals surface area contributed by atoms with Crippen molar-refractivity contribution in [2.24, 2.45) is 0 Å². The molecule has 0 saturated carbocycles. The molecule has 0 fully saturated rings. The van der Waals surface area contributed by atoms with Crippen LogP contribution in [0.5, 0.6) is 5.75 Å². The molecule has 4 heteroatoms. The Morgan fingerprint density at radius 2 is 2.04 bits per heavy atom. The Bertz CT molecular complexity index is 677. The summed E-state index contributed by atoms with van der Waals surface area (Å²) in [4.78, 5) is 12.8. The van der Waals surface area contributed by atoms with Crippen LogP contribution in [-0.4, -0.2) is 28.9 Å². The van der Waals surface area contributed by atoms with E-state index in [9.17, 15) is 15.0 Å². The summed E-state index contributed by atoms with van der Waals surface area (Å²) in [6, 6.07) is 3.95. The lowest BCUT2D eigenvalue weighted by Gasteiger charge is -2.23. The van der Waals surface area contributed by atoms with E-state index in [0.29, 0.717) is 6.42 Å². The van der Waals surface area contributed by atoms with E-state index >= 15 is 0 Å². The van der Waals surface area contributed by atoms with Crippen molar-refractivity contribution in [3.63, 3.8) is 0 Å². The van der Waals surface area contributed by atoms with E-state index in [1.165, 1.54) is 5.57 Å². The Hall–Kier alpha value is -1.81. The number of aliphatic hydroxyl groups is 1. The summed E-state index contributed by atoms with van der Waals surface area (Å²) in [5, 5.41) is 20.9. The maximum atomic E-state index is 12.8. The van der Waals surface area contributed by atoms with Crippen LogP contribution in [0.25, 0.3) is 0 Å². The SMILES string of the molecule is CCCCCc1ccc([C@@H]2C=C(C)CCC2)c(O)c1C(=O)OCC(O)CCC. The summed E-state index contributed by atoms with van der Waals surface area (Å²) in [7, 11) is 0. The van der Waals surface area contributed by atoms with Crippen LogP contribution in [0.4, 0.5) is 0 Å². The topological polar surface area (TPSA) is 66.8 Å². The number of aryl methyl sites for hydroxylation is 1. The largest absolute Gasteiger partial charge is 0.507 e. The number of rotatable bonds is 10. The molecule has 0 bridgehead atoms. The van der Waals surface area contributed by atoms with Crippen molar-refractivity contribution < 1.29 is 19.7 Å². The Kier molecular flexibility index (Phi) is 9.04. The first kappa shape index (κ1) is 22.5. The van der Waals surface area contributed by atoms with Crippen molar-refractivity contribution >= 4 is 5.97 Å². The number of benzene rings is 1. The standard InChI is InChI=1S/C24H36O4/c1-4-6-7-11-18-13-14-21(19-12-8-10-17(3)15-19)23(26)22(18)24(27)28-16-20(25)9-5-2/h13-15,19-20,25-26H,4-12,16H2,1-3H3/t19-,20?/m0/s1. The first-order valence-electron chi connectivity index (χ1n) is 10.8. The van der Waals surface area contributed by atoms with Gasteiger partial charge in [-0.05, 0) is 51.0 Å². The number of phenols is 1. The Morgan fingerprint density at radius 3 is 2.71 bits per heavy atom. The van der Waals surface area contributed by atoms with Gasteiger partial charge in [-0.25, -0.2) is 4.79 Å². The molecule has 2 atom stereocenters. The quantitative estimate of drug-likeness (QED) is 0.308. The first-order valence-corrected chi connectivity index (χ1v) is 10.8. The smallest absolute Gasteiger partial charge is 0.342 e. The number of phenolic OH excluding ortho intramolecular Hbond substituents is 1. The molecule has 28 heavy (non-hydrogen) atoms. The van der Waals surface area contributed by atoms with Gasteiger partial charge in [-0.2, -0.15) is 0 Å². The molecule has 0 aliphatic heterocycles. The van der Waals surface area contributed by atoms with Crippen LogP contribution in [0.2, 0.25) is 0 Å². The van der Waals surface area contributed by atoms with Crippen LogP contribution in [0.1, 0.15) is 99.5 Å². The number of hydrogen-bond donors (Lipinski definition) is 2. The van der Waals surface area contributed by atoms with Crippen LogP contribution >= 0.6 is 0 Å². The summed E-state index contributed by atoms with van der Waals surface area (Å²) < 4.78 is 5.37. The van der Waals surface area contributed by atoms with Gasteiger partial charge in [0, 0.05) is 11.5 Å². The highest BCUT2D eigenvalue weighted by Gasteiger charge is 2.25. The number of aromatic hydroxyl groups is 1. The molecule has 1 aromatic rings. The molecule has 0 spiro atoms. The van der Waals surface area contributed by atoms with Crippen molar-refractivity contribution in [1.82, 2.24) is 0 Å². The molecule has 1 unspecified atom stereocenters. The van der Waals surface area contributed by atoms with Gasteiger partial charge < -0.3 is 14.9 Å². The van der Waals surface area contributed by atoms with Crippen molar-refractivity contribution in [2.45, 2.75) is 90.6 Å². The number of allylic oxidation sites excluding steroid dienone is 2. The van der Waals surface area contributed by atoms with Gasteiger partial charge in [0.25, 0.3) is 0 Å². The Balaban J connectivity index is 2.30. The summed E-state index contributed by atoms with van der Waals surface area (Å²) in [5.74, 6) is -0.340. The number of carbonyl (C=O) groups is 1. The fourth-order valence-corrected chi connectivity index (χ4v) is 3.97. The zero-order valence-corrected chi connectivity index (χ0v) is 17.7. The fourth-order valence-electron chi connectivity index (χ4n) is 3.97. The van der Waals surface area contributed by atoms with Crippen molar-refractivity contribution in [2.75, 3.05) is 6.61 Å². The third-order valence-electron chi connectivity index (χ3n) is 5.55. The van der Waals surface area contributed by atoms with Crippen molar-refractivity contribution in [3.8, 4) is 5.75 Å². The third kappa shape index (κ3) is 6.10. The van der Waals surface area contributed by atoms with Crippen LogP contribution in [0.15, 0.2) is 23.8 Å². The summed E-state index contributed by atoms with van der Waals surface area (Å²) in [6.45, 7) is 6.20. The maximum absolute atomic E-state index is 12.8. The molecule has 1 aromatic carbocycles. The van der Waals surface area contributed by atoms with Gasteiger partial charge in [-0.15, -0.1) is 0 Å². The van der Waals surface area contributed by atoms with Gasteiger partial charge in [0.1, 0.15) is 17.9 Å². The van der Waals surface area contributed by atoms with Crippen LogP contribution < -0.4 is 0 Å². The minimum Gasteiger partial charge on any atom is -0.507 e. The maximum Gasteiger partial charge on any atom is 0.342 e. The van der Waals surface area contributed by atoms with Crippen molar-refractivity contribution in [3.05, 3.63) is 40.5 Å². The first-order chi connectivity index (χ1) is 13.5. The molecule has 4 nitrogen and oxygen atoms in total. The molecule has 0 saturated heterocycles. The van der Waals surface area contributed by atoms with Gasteiger partial charge in [-0.1, -0.05) is 56.9 Å². The lowest BCUT2D eigenvalue weighted by atomic mass is 9.84. The van der Waals surface area contributed by atoms with E-state index < -0.39 is 12.1 Å². The van der Waals surface area contributed by atoms with Gasteiger partial charge in [-0.3, -0.25) is 0 Å². The van der Waals surface area contributed by atoms with E-state index in [1.54, 1.807) is 0 Å². The molecule has 0 heterocycles. The highest BCUT2D eigenvalue weighted by atomic mass is 16.5. The van der Waals surface area contributed by atoms with Gasteiger partial charge in [0.15, 0.2) is 0 Å². The molecule has 0 radical (unpaired) electrons. The molecule has 0 aromatic heterocycles. The highest BCUT2D eigenvalue weighted by Crippen LogP contribution is 2.39. The summed E-state index contributed by atoms with van der Waals surface area (Å²) >= 11 is 0. The molecule has 2 rings (SSSR count). The normalized spacial score (nSPS) is 17.9. The van der Waals surface area contributed by atoms with E-state index in [-0.39, 0.29) is 23.8 Å². The average Bonchev–Trinajstić information content (AvgIpc) is 2.67. The summed E-state index contributed by atoms with van der Waals surface area (Å²) in [6.07, 6.45) is 10.0. The summed E-state index contributed by atoms with van der Waals surface area (Å²) in [5.41, 5.74) is 3.25. The predicted octanol–water partition coefficient (Wildman–Crippen LogP) is 5.66. The van der Waals surface area contributed by atoms with Crippen molar-refractivity contribution in [1.29, 1.82) is 0 Å². The van der Waals surface area contributed by atoms with E-state index in [4.69, 9.17) is 4.74 Å². The second kappa shape index (κ2) is 11.3. The number of hydrogen-bond acceptors (Lipinski definition) is 4. The van der Waals surface area contributed by atoms with E-state index in [1.807, 2.05) is 19.1 Å². The molecule has 1 aliphatic carbocycles. The van der Waals surface area contributed by atoms with E-state index in [2.05, 4.69) is 19.9 Å². The van der Waals surface area contributed by atoms with Gasteiger partial charge >= 0.3 is 5.97 Å². The molecule has 2 N–H and O–H groups in total. The molecule has 156 valence electrons. The monoisotopic (exact) mass is 388 g/mol. The fraction of sp³-hybridized carbons (Fsp3) is 0.625. The zero-order valence-electron chi connectivity index (χ0n) is 17.7.